The Morgan fingerprint density at radius 3 is 2.24 bits per heavy atom. The van der Waals surface area contributed by atoms with E-state index in [2.05, 4.69) is 5.32 Å². The van der Waals surface area contributed by atoms with E-state index in [1.807, 2.05) is 6.92 Å². The molecule has 13 rings (SSSR count). The van der Waals surface area contributed by atoms with Crippen molar-refractivity contribution in [2.75, 3.05) is 19.4 Å². The summed E-state index contributed by atoms with van der Waals surface area (Å²) in [4.78, 5) is 73.5. The Kier molecular flexibility index (Phi) is 6.33. The molecule has 282 valence electrons. The summed E-state index contributed by atoms with van der Waals surface area (Å²) in [7, 11) is 7.54. The number of halogens is 2. The molecule has 2 aliphatic carbocycles. The molecule has 4 bridgehead atoms. The summed E-state index contributed by atoms with van der Waals surface area (Å²) < 4.78 is 38.6. The second-order valence-corrected chi connectivity index (χ2v) is 21.3. The Bertz CT molecular complexity index is 2240. The molecule has 2 spiro atoms. The molecule has 2 aromatic carbocycles. The van der Waals surface area contributed by atoms with E-state index in [0.29, 0.717) is 24.1 Å². The smallest absolute Gasteiger partial charge is 0.309 e. The first-order valence-electron chi connectivity index (χ1n) is 17.9. The molecular formula is C36H33F2N5O7S4. The van der Waals surface area contributed by atoms with Crippen molar-refractivity contribution >= 4 is 78.5 Å². The van der Waals surface area contributed by atoms with Gasteiger partial charge in [0.05, 0.1) is 22.8 Å². The number of fused-ring (bicyclic) bond motifs is 11. The number of hydrogen-bond acceptors (Lipinski definition) is 12. The molecule has 12 nitrogen and oxygen atoms in total. The third-order valence-electron chi connectivity index (χ3n) is 14.0. The Balaban J connectivity index is 1.31. The van der Waals surface area contributed by atoms with Gasteiger partial charge in [0.2, 0.25) is 9.74 Å². The number of piperazine rings is 2. The summed E-state index contributed by atoms with van der Waals surface area (Å²) in [5, 5.41) is 17.1. The molecule has 4 amide bonds. The van der Waals surface area contributed by atoms with E-state index >= 15 is 23.2 Å². The largest absolute Gasteiger partial charge is 0.457 e. The number of nitrogens with one attached hydrogen (secondary N) is 1. The van der Waals surface area contributed by atoms with Gasteiger partial charge in [-0.15, -0.1) is 0 Å². The minimum absolute atomic E-state index is 0.0546. The second kappa shape index (κ2) is 10.0. The normalized spacial score (nSPS) is 43.2. The molecule has 11 aliphatic rings. The Hall–Kier alpha value is -3.19. The van der Waals surface area contributed by atoms with Crippen LogP contribution in [0.4, 0.5) is 14.5 Å². The van der Waals surface area contributed by atoms with Gasteiger partial charge in [-0.25, -0.2) is 8.78 Å². The van der Waals surface area contributed by atoms with Crippen LogP contribution >= 0.6 is 43.2 Å². The molecule has 1 saturated carbocycles. The maximum Gasteiger partial charge on any atom is 0.309 e. The number of anilines is 1. The summed E-state index contributed by atoms with van der Waals surface area (Å²) in [6, 6.07) is 7.03. The number of aliphatic hydroxyl groups is 1. The average Bonchev–Trinajstić information content (AvgIpc) is 3.77. The second-order valence-electron chi connectivity index (χ2n) is 15.9. The van der Waals surface area contributed by atoms with Gasteiger partial charge in [-0.2, -0.15) is 0 Å². The fraction of sp³-hybridized carbons (Fsp3) is 0.528. The lowest BCUT2D eigenvalue weighted by molar-refractivity contribution is -0.173. The van der Waals surface area contributed by atoms with Gasteiger partial charge in [-0.1, -0.05) is 34.6 Å². The van der Waals surface area contributed by atoms with E-state index in [1.165, 1.54) is 74.8 Å². The fourth-order valence-electron chi connectivity index (χ4n) is 11.3. The highest BCUT2D eigenvalue weighted by molar-refractivity contribution is 8.78. The molecule has 9 aliphatic heterocycles. The standard InChI is InChI=1S/C36H33F2N5O7S4/c1-5-32-28(47)42-22-12-16-8-9-17(37)13-19(16)33(22,24(45)35(42,53-52-32)29(48)41(32)4)34-20-14-18(38)10-11-21(20)39-26(34)43-27(46)31(2)40(3)30(49)36(43,54-51-31)25(34)50-23(44)15-6-7-15/h8-11,13-15,22,24-26,39,45H,5-7,12H2,1-4H3/t22-,24-,25-,26+,31-,32-,33-,34+,35-,36-/m0/s1. The van der Waals surface area contributed by atoms with Crippen molar-refractivity contribution in [2.45, 2.75) is 94.3 Å². The molecular weight excluding hydrogens is 781 g/mol. The van der Waals surface area contributed by atoms with E-state index < -0.39 is 102 Å². The van der Waals surface area contributed by atoms with Gasteiger partial charge in [0.1, 0.15) is 23.9 Å². The molecule has 54 heavy (non-hydrogen) atoms. The molecule has 0 aromatic heterocycles. The van der Waals surface area contributed by atoms with Crippen LogP contribution in [0, 0.1) is 17.6 Å². The first kappa shape index (κ1) is 34.1. The van der Waals surface area contributed by atoms with Crippen LogP contribution in [0.1, 0.15) is 49.8 Å². The summed E-state index contributed by atoms with van der Waals surface area (Å²) in [5.74, 6) is -4.43. The van der Waals surface area contributed by atoms with Gasteiger partial charge in [0.25, 0.3) is 23.6 Å². The number of likely N-dealkylation sites (N-methyl/N-ethyl adjacent to an activating group) is 2. The Morgan fingerprint density at radius 1 is 0.870 bits per heavy atom. The van der Waals surface area contributed by atoms with Crippen LogP contribution in [0.3, 0.4) is 0 Å². The molecule has 9 heterocycles. The predicted octanol–water partition coefficient (Wildman–Crippen LogP) is 3.13. The number of carbonyl (C=O) groups excluding carboxylic acids is 5. The first-order chi connectivity index (χ1) is 25.6. The van der Waals surface area contributed by atoms with Crippen molar-refractivity contribution in [3.8, 4) is 0 Å². The molecule has 0 radical (unpaired) electrons. The lowest BCUT2D eigenvalue weighted by atomic mass is 9.51. The number of rotatable bonds is 4. The number of carbonyl (C=O) groups is 5. The number of ether oxygens (including phenoxy) is 1. The monoisotopic (exact) mass is 813 g/mol. The number of esters is 1. The topological polar surface area (TPSA) is 140 Å². The Morgan fingerprint density at radius 2 is 1.54 bits per heavy atom. The van der Waals surface area contributed by atoms with Gasteiger partial charge in [0, 0.05) is 19.8 Å². The van der Waals surface area contributed by atoms with Crippen molar-refractivity contribution in [2.24, 2.45) is 5.92 Å². The first-order valence-corrected chi connectivity index (χ1v) is 22.2. The van der Waals surface area contributed by atoms with Crippen LogP contribution in [0.15, 0.2) is 36.4 Å². The zero-order valence-corrected chi connectivity index (χ0v) is 32.5. The lowest BCUT2D eigenvalue weighted by Crippen LogP contribution is -2.77. The van der Waals surface area contributed by atoms with Gasteiger partial charge in [0.15, 0.2) is 15.8 Å². The van der Waals surface area contributed by atoms with Gasteiger partial charge in [-0.3, -0.25) is 28.9 Å². The predicted molar refractivity (Wildman–Crippen MR) is 196 cm³/mol. The average molecular weight is 814 g/mol. The highest BCUT2D eigenvalue weighted by atomic mass is 33.1. The lowest BCUT2D eigenvalue weighted by Gasteiger charge is -2.59. The van der Waals surface area contributed by atoms with Crippen molar-refractivity contribution in [3.05, 3.63) is 64.7 Å². The molecule has 2 aromatic rings. The summed E-state index contributed by atoms with van der Waals surface area (Å²) in [5.41, 5.74) is -2.61. The van der Waals surface area contributed by atoms with Crippen LogP contribution in [0.5, 0.6) is 0 Å². The number of nitrogens with zero attached hydrogens (tertiary/aromatic N) is 4. The SMILES string of the molecule is CC[C@@]12SS[C@]3(C(=O)N1C)[C@@H](O)[C@]1([C@@]45c6cc(F)ccc6N[C@@H]4N4C(=O)[C@]6(C)SS[C@]4(C(=O)N6C)[C@H]5OC(=O)C4CC4)c4cc(F)ccc4C[C@@H]1N3C2=O. The molecule has 8 saturated heterocycles. The van der Waals surface area contributed by atoms with Crippen LogP contribution in [-0.4, -0.2) is 112 Å². The third kappa shape index (κ3) is 3.16. The summed E-state index contributed by atoms with van der Waals surface area (Å²) in [6.45, 7) is 3.44. The maximum atomic E-state index is 16.0. The van der Waals surface area contributed by atoms with Crippen molar-refractivity contribution < 1.29 is 42.6 Å². The summed E-state index contributed by atoms with van der Waals surface area (Å²) in [6.07, 6.45) is -3.39. The van der Waals surface area contributed by atoms with E-state index in [0.717, 1.165) is 32.4 Å². The quantitative estimate of drug-likeness (QED) is 0.347. The van der Waals surface area contributed by atoms with Gasteiger partial charge in [-0.05, 0) is 101 Å². The van der Waals surface area contributed by atoms with Crippen LogP contribution in [-0.2, 0) is 46.0 Å². The minimum atomic E-state index is -1.98. The van der Waals surface area contributed by atoms with E-state index in [1.54, 1.807) is 13.0 Å². The van der Waals surface area contributed by atoms with Crippen LogP contribution < -0.4 is 5.32 Å². The molecule has 18 heteroatoms. The number of aliphatic hydroxyl groups excluding tert-OH is 1. The highest BCUT2D eigenvalue weighted by Gasteiger charge is 2.93. The molecule has 9 fully saturated rings. The van der Waals surface area contributed by atoms with Crippen molar-refractivity contribution in [1.29, 1.82) is 0 Å². The summed E-state index contributed by atoms with van der Waals surface area (Å²) >= 11 is 0. The van der Waals surface area contributed by atoms with Crippen LogP contribution in [0.25, 0.3) is 0 Å². The Labute approximate surface area is 323 Å². The third-order valence-corrected chi connectivity index (χ3v) is 21.4. The maximum absolute atomic E-state index is 16.0. The van der Waals surface area contributed by atoms with Gasteiger partial charge >= 0.3 is 5.97 Å². The zero-order chi connectivity index (χ0) is 37.9. The van der Waals surface area contributed by atoms with Crippen molar-refractivity contribution in [1.82, 2.24) is 19.6 Å². The molecule has 10 atom stereocenters. The van der Waals surface area contributed by atoms with E-state index in [4.69, 9.17) is 4.74 Å². The molecule has 2 N–H and O–H groups in total. The van der Waals surface area contributed by atoms with E-state index in [9.17, 15) is 14.7 Å². The minimum Gasteiger partial charge on any atom is -0.457 e. The number of hydrogen-bond donors (Lipinski definition) is 2. The van der Waals surface area contributed by atoms with Crippen molar-refractivity contribution in [3.63, 3.8) is 0 Å². The number of benzene rings is 2. The zero-order valence-electron chi connectivity index (χ0n) is 29.3. The fourth-order valence-corrected chi connectivity index (χ4v) is 18.8. The van der Waals surface area contributed by atoms with Gasteiger partial charge < -0.3 is 29.9 Å². The molecule has 0 unspecified atom stereocenters. The number of amides is 4. The highest BCUT2D eigenvalue weighted by Crippen LogP contribution is 2.79. The van der Waals surface area contributed by atoms with Crippen LogP contribution in [0.2, 0.25) is 0 Å². The van der Waals surface area contributed by atoms with E-state index in [-0.39, 0.29) is 24.0 Å².